The summed E-state index contributed by atoms with van der Waals surface area (Å²) in [5.41, 5.74) is 5.82. The second-order valence-electron chi connectivity index (χ2n) is 3.59. The number of nitrogens with one attached hydrogen (secondary N) is 1. The van der Waals surface area contributed by atoms with Crippen LogP contribution in [0.2, 0.25) is 0 Å². The summed E-state index contributed by atoms with van der Waals surface area (Å²) >= 11 is 5.99. The Morgan fingerprint density at radius 1 is 1.37 bits per heavy atom. The van der Waals surface area contributed by atoms with E-state index in [2.05, 4.69) is 14.9 Å². The van der Waals surface area contributed by atoms with Crippen molar-refractivity contribution in [2.24, 2.45) is 5.73 Å². The fourth-order valence-corrected chi connectivity index (χ4v) is 3.70. The van der Waals surface area contributed by atoms with Gasteiger partial charge in [-0.15, -0.1) is 10.2 Å². The lowest BCUT2D eigenvalue weighted by atomic mass is 10.2. The molecule has 2 aromatic rings. The van der Waals surface area contributed by atoms with Crippen LogP contribution in [0.5, 0.6) is 0 Å². The van der Waals surface area contributed by atoms with Crippen LogP contribution in [0.25, 0.3) is 0 Å². The van der Waals surface area contributed by atoms with E-state index in [4.69, 9.17) is 18.0 Å². The molecule has 3 N–H and O–H groups in total. The predicted octanol–water partition coefficient (Wildman–Crippen LogP) is 1.28. The van der Waals surface area contributed by atoms with Gasteiger partial charge < -0.3 is 5.73 Å². The Bertz CT molecular complexity index is 724. The van der Waals surface area contributed by atoms with Crippen LogP contribution in [-0.4, -0.2) is 23.6 Å². The van der Waals surface area contributed by atoms with Gasteiger partial charge in [0, 0.05) is 5.56 Å². The number of anilines is 1. The third-order valence-electron chi connectivity index (χ3n) is 2.19. The Balaban J connectivity index is 2.43. The Kier molecular flexibility index (Phi) is 3.78. The zero-order chi connectivity index (χ0) is 14.0. The van der Waals surface area contributed by atoms with E-state index in [-0.39, 0.29) is 15.0 Å². The number of sulfonamides is 1. The average Bonchev–Trinajstić information content (AvgIpc) is 2.74. The van der Waals surface area contributed by atoms with Gasteiger partial charge in [0.25, 0.3) is 10.0 Å². The normalized spacial score (nSPS) is 11.2. The molecule has 0 fully saturated rings. The second kappa shape index (κ2) is 5.19. The lowest BCUT2D eigenvalue weighted by molar-refractivity contribution is 0.601. The van der Waals surface area contributed by atoms with E-state index >= 15 is 0 Å². The quantitative estimate of drug-likeness (QED) is 0.825. The Morgan fingerprint density at radius 2 is 2.05 bits per heavy atom. The zero-order valence-electron chi connectivity index (χ0n) is 9.82. The van der Waals surface area contributed by atoms with Crippen LogP contribution in [0.1, 0.15) is 10.6 Å². The van der Waals surface area contributed by atoms with Crippen LogP contribution in [0, 0.1) is 6.92 Å². The highest BCUT2D eigenvalue weighted by atomic mass is 32.2. The number of thiocarbonyl (C=S) groups is 1. The summed E-state index contributed by atoms with van der Waals surface area (Å²) in [5.74, 6) is 0. The molecule has 0 aliphatic rings. The van der Waals surface area contributed by atoms with Gasteiger partial charge in [-0.3, -0.25) is 4.72 Å². The Morgan fingerprint density at radius 3 is 2.63 bits per heavy atom. The van der Waals surface area contributed by atoms with Crippen molar-refractivity contribution < 1.29 is 8.42 Å². The van der Waals surface area contributed by atoms with Crippen molar-refractivity contribution in [2.75, 3.05) is 4.72 Å². The molecule has 0 bridgehead atoms. The van der Waals surface area contributed by atoms with Crippen molar-refractivity contribution in [3.05, 3.63) is 34.8 Å². The summed E-state index contributed by atoms with van der Waals surface area (Å²) in [6, 6.07) is 6.26. The molecule has 2 rings (SSSR count). The van der Waals surface area contributed by atoms with E-state index in [1.54, 1.807) is 25.1 Å². The van der Waals surface area contributed by atoms with Crippen molar-refractivity contribution >= 4 is 43.7 Å². The topological polar surface area (TPSA) is 98.0 Å². The molecule has 6 nitrogen and oxygen atoms in total. The fourth-order valence-electron chi connectivity index (χ4n) is 1.41. The smallest absolute Gasteiger partial charge is 0.264 e. The van der Waals surface area contributed by atoms with Crippen LogP contribution in [-0.2, 0) is 10.0 Å². The number of nitrogens with zero attached hydrogens (tertiary/aromatic N) is 2. The van der Waals surface area contributed by atoms with E-state index in [0.29, 0.717) is 10.6 Å². The predicted molar refractivity (Wildman–Crippen MR) is 77.8 cm³/mol. The van der Waals surface area contributed by atoms with Gasteiger partial charge in [-0.05, 0) is 13.0 Å². The lowest BCUT2D eigenvalue weighted by Crippen LogP contribution is -2.19. The highest BCUT2D eigenvalue weighted by Gasteiger charge is 2.20. The first-order chi connectivity index (χ1) is 8.90. The maximum Gasteiger partial charge on any atom is 0.264 e. The maximum absolute atomic E-state index is 12.2. The van der Waals surface area contributed by atoms with E-state index in [1.165, 1.54) is 6.07 Å². The molecule has 19 heavy (non-hydrogen) atoms. The van der Waals surface area contributed by atoms with Crippen LogP contribution in [0.3, 0.4) is 0 Å². The molecule has 0 unspecified atom stereocenters. The SMILES string of the molecule is Cc1nnc(NS(=O)(=O)c2ccccc2C(N)=S)s1. The molecule has 9 heteroatoms. The summed E-state index contributed by atoms with van der Waals surface area (Å²) in [5, 5.41) is 8.33. The molecule has 1 aromatic heterocycles. The number of hydrogen-bond acceptors (Lipinski definition) is 6. The third-order valence-corrected chi connectivity index (χ3v) is 4.69. The van der Waals surface area contributed by atoms with Crippen molar-refractivity contribution in [1.29, 1.82) is 0 Å². The van der Waals surface area contributed by atoms with Crippen molar-refractivity contribution in [1.82, 2.24) is 10.2 Å². The first kappa shape index (κ1) is 13.8. The highest BCUT2D eigenvalue weighted by molar-refractivity contribution is 7.93. The third kappa shape index (κ3) is 3.06. The minimum absolute atomic E-state index is 0.0226. The lowest BCUT2D eigenvalue weighted by Gasteiger charge is -2.09. The molecule has 1 heterocycles. The van der Waals surface area contributed by atoms with Crippen LogP contribution < -0.4 is 10.5 Å². The van der Waals surface area contributed by atoms with Crippen LogP contribution in [0.15, 0.2) is 29.2 Å². The van der Waals surface area contributed by atoms with Crippen molar-refractivity contribution in [3.63, 3.8) is 0 Å². The first-order valence-electron chi connectivity index (χ1n) is 5.12. The van der Waals surface area contributed by atoms with Crippen molar-refractivity contribution in [3.8, 4) is 0 Å². The number of nitrogens with two attached hydrogens (primary N) is 1. The highest BCUT2D eigenvalue weighted by Crippen LogP contribution is 2.21. The monoisotopic (exact) mass is 314 g/mol. The molecule has 100 valence electrons. The standard InChI is InChI=1S/C10H10N4O2S3/c1-6-12-13-10(18-6)14-19(15,16)8-5-3-2-4-7(8)9(11)17/h2-5H,1H3,(H2,11,17)(H,13,14). The minimum atomic E-state index is -3.79. The number of benzene rings is 1. The molecule has 0 saturated heterocycles. The fraction of sp³-hybridized carbons (Fsp3) is 0.100. The summed E-state index contributed by atoms with van der Waals surface area (Å²) < 4.78 is 26.9. The summed E-state index contributed by atoms with van der Waals surface area (Å²) in [6.45, 7) is 1.73. The average molecular weight is 314 g/mol. The van der Waals surface area contributed by atoms with E-state index in [0.717, 1.165) is 11.3 Å². The molecular weight excluding hydrogens is 304 g/mol. The number of aryl methyl sites for hydroxylation is 1. The van der Waals surface area contributed by atoms with Gasteiger partial charge >= 0.3 is 0 Å². The van der Waals surface area contributed by atoms with E-state index in [9.17, 15) is 8.42 Å². The Hall–Kier alpha value is -1.58. The van der Waals surface area contributed by atoms with Gasteiger partial charge in [0.1, 0.15) is 10.00 Å². The van der Waals surface area contributed by atoms with Crippen LogP contribution >= 0.6 is 23.6 Å². The molecule has 0 aliphatic heterocycles. The molecule has 1 aromatic carbocycles. The minimum Gasteiger partial charge on any atom is -0.389 e. The van der Waals surface area contributed by atoms with Crippen LogP contribution in [0.4, 0.5) is 5.13 Å². The summed E-state index contributed by atoms with van der Waals surface area (Å²) in [6.07, 6.45) is 0. The van der Waals surface area contributed by atoms with Gasteiger partial charge in [-0.25, -0.2) is 8.42 Å². The summed E-state index contributed by atoms with van der Waals surface area (Å²) in [4.78, 5) is 0.0461. The molecule has 0 amide bonds. The largest absolute Gasteiger partial charge is 0.389 e. The Labute approximate surface area is 119 Å². The van der Waals surface area contributed by atoms with E-state index < -0.39 is 10.0 Å². The van der Waals surface area contributed by atoms with Gasteiger partial charge in [0.2, 0.25) is 5.13 Å². The number of aromatic nitrogens is 2. The molecule has 0 saturated carbocycles. The molecule has 0 radical (unpaired) electrons. The van der Waals surface area contributed by atoms with Gasteiger partial charge in [0.05, 0.1) is 4.90 Å². The van der Waals surface area contributed by atoms with Gasteiger partial charge in [-0.1, -0.05) is 41.8 Å². The van der Waals surface area contributed by atoms with E-state index in [1.807, 2.05) is 0 Å². The zero-order valence-corrected chi connectivity index (χ0v) is 12.3. The van der Waals surface area contributed by atoms with Gasteiger partial charge in [-0.2, -0.15) is 0 Å². The number of hydrogen-bond donors (Lipinski definition) is 2. The molecular formula is C10H10N4O2S3. The number of rotatable bonds is 4. The summed E-state index contributed by atoms with van der Waals surface area (Å²) in [7, 11) is -3.79. The van der Waals surface area contributed by atoms with Crippen molar-refractivity contribution in [2.45, 2.75) is 11.8 Å². The molecule has 0 aliphatic carbocycles. The second-order valence-corrected chi connectivity index (χ2v) is 6.86. The maximum atomic E-state index is 12.2. The molecule has 0 atom stereocenters. The molecule has 0 spiro atoms. The van der Waals surface area contributed by atoms with Gasteiger partial charge in [0.15, 0.2) is 0 Å². The first-order valence-corrected chi connectivity index (χ1v) is 7.83.